The lowest BCUT2D eigenvalue weighted by molar-refractivity contribution is -0.140. The van der Waals surface area contributed by atoms with Crippen molar-refractivity contribution in [2.45, 2.75) is 38.1 Å². The van der Waals surface area contributed by atoms with Gasteiger partial charge in [0.15, 0.2) is 0 Å². The van der Waals surface area contributed by atoms with Gasteiger partial charge in [-0.15, -0.1) is 5.10 Å². The highest BCUT2D eigenvalue weighted by Gasteiger charge is 2.26. The van der Waals surface area contributed by atoms with Gasteiger partial charge in [-0.05, 0) is 43.3 Å². The molecule has 1 aliphatic rings. The van der Waals surface area contributed by atoms with Crippen molar-refractivity contribution >= 4 is 17.7 Å². The van der Waals surface area contributed by atoms with E-state index < -0.39 is 0 Å². The van der Waals surface area contributed by atoms with Crippen LogP contribution in [0.25, 0.3) is 5.69 Å². The van der Waals surface area contributed by atoms with Crippen molar-refractivity contribution in [2.24, 2.45) is 0 Å². The van der Waals surface area contributed by atoms with E-state index >= 15 is 0 Å². The van der Waals surface area contributed by atoms with Gasteiger partial charge >= 0.3 is 0 Å². The normalized spacial score (nSPS) is 21.0. The molecule has 2 aromatic rings. The first-order chi connectivity index (χ1) is 11.5. The van der Waals surface area contributed by atoms with Crippen LogP contribution in [0.15, 0.2) is 29.4 Å². The molecule has 1 aromatic carbocycles. The van der Waals surface area contributed by atoms with Crippen LogP contribution in [0.4, 0.5) is 0 Å². The summed E-state index contributed by atoms with van der Waals surface area (Å²) < 4.78 is 7.32. The lowest BCUT2D eigenvalue weighted by Gasteiger charge is -2.35. The number of amides is 1. The molecule has 1 amide bonds. The molecule has 128 valence electrons. The summed E-state index contributed by atoms with van der Waals surface area (Å²) in [6, 6.07) is 7.94. The summed E-state index contributed by atoms with van der Waals surface area (Å²) >= 11 is 1.35. The molecule has 0 spiro atoms. The third kappa shape index (κ3) is 3.93. The maximum absolute atomic E-state index is 12.4. The molecule has 3 rings (SSSR count). The van der Waals surface area contributed by atoms with Crippen molar-refractivity contribution in [2.75, 3.05) is 18.8 Å². The predicted molar refractivity (Wildman–Crippen MR) is 91.2 cm³/mol. The summed E-state index contributed by atoms with van der Waals surface area (Å²) in [5, 5.41) is 12.4. The standard InChI is InChI=1S/C16H21N5O2S/c1-11-4-6-14(7-5-11)21-16(17-18-19-21)24-10-15(22)20-8-12(2)23-13(3)9-20/h4-7,12-13H,8-10H2,1-3H3. The second kappa shape index (κ2) is 7.31. The summed E-state index contributed by atoms with van der Waals surface area (Å²) in [5.74, 6) is 0.395. The summed E-state index contributed by atoms with van der Waals surface area (Å²) in [7, 11) is 0. The molecule has 0 N–H and O–H groups in total. The topological polar surface area (TPSA) is 73.1 Å². The Kier molecular flexibility index (Phi) is 5.15. The Morgan fingerprint density at radius 3 is 2.58 bits per heavy atom. The van der Waals surface area contributed by atoms with E-state index in [2.05, 4.69) is 15.5 Å². The number of morpholine rings is 1. The molecule has 24 heavy (non-hydrogen) atoms. The van der Waals surface area contributed by atoms with Gasteiger partial charge in [-0.25, -0.2) is 0 Å². The molecular weight excluding hydrogens is 326 g/mol. The number of hydrogen-bond acceptors (Lipinski definition) is 6. The van der Waals surface area contributed by atoms with E-state index in [1.54, 1.807) is 4.68 Å². The first kappa shape index (κ1) is 16.9. The Morgan fingerprint density at radius 1 is 1.25 bits per heavy atom. The largest absolute Gasteiger partial charge is 0.372 e. The summed E-state index contributed by atoms with van der Waals surface area (Å²) in [5.41, 5.74) is 2.06. The fourth-order valence-electron chi connectivity index (χ4n) is 2.72. The number of rotatable bonds is 4. The number of thioether (sulfide) groups is 1. The van der Waals surface area contributed by atoms with Crippen LogP contribution in [0.5, 0.6) is 0 Å². The average molecular weight is 347 g/mol. The molecule has 8 heteroatoms. The third-order valence-corrected chi connectivity index (χ3v) is 4.72. The van der Waals surface area contributed by atoms with Gasteiger partial charge in [0.05, 0.1) is 23.6 Å². The number of hydrogen-bond donors (Lipinski definition) is 0. The molecule has 2 unspecified atom stereocenters. The van der Waals surface area contributed by atoms with E-state index in [9.17, 15) is 4.79 Å². The highest BCUT2D eigenvalue weighted by Crippen LogP contribution is 2.20. The Labute approximate surface area is 145 Å². The average Bonchev–Trinajstić information content (AvgIpc) is 3.01. The first-order valence-corrected chi connectivity index (χ1v) is 8.93. The number of aryl methyl sites for hydroxylation is 1. The molecule has 1 aliphatic heterocycles. The van der Waals surface area contributed by atoms with E-state index in [1.165, 1.54) is 17.3 Å². The molecule has 0 bridgehead atoms. The van der Waals surface area contributed by atoms with Crippen LogP contribution in [-0.2, 0) is 9.53 Å². The van der Waals surface area contributed by atoms with Crippen molar-refractivity contribution in [3.63, 3.8) is 0 Å². The van der Waals surface area contributed by atoms with Crippen LogP contribution in [0.2, 0.25) is 0 Å². The maximum atomic E-state index is 12.4. The van der Waals surface area contributed by atoms with Crippen LogP contribution >= 0.6 is 11.8 Å². The molecule has 0 saturated carbocycles. The number of nitrogens with zero attached hydrogens (tertiary/aromatic N) is 5. The van der Waals surface area contributed by atoms with Crippen molar-refractivity contribution in [1.29, 1.82) is 0 Å². The van der Waals surface area contributed by atoms with E-state index in [1.807, 2.05) is 49.9 Å². The summed E-state index contributed by atoms with van der Waals surface area (Å²) in [6.07, 6.45) is 0.140. The van der Waals surface area contributed by atoms with E-state index in [0.717, 1.165) is 5.69 Å². The molecule has 0 radical (unpaired) electrons. The first-order valence-electron chi connectivity index (χ1n) is 7.94. The lowest BCUT2D eigenvalue weighted by atomic mass is 10.2. The fraction of sp³-hybridized carbons (Fsp3) is 0.500. The Hall–Kier alpha value is -1.93. The highest BCUT2D eigenvalue weighted by atomic mass is 32.2. The number of carbonyl (C=O) groups is 1. The van der Waals surface area contributed by atoms with Gasteiger partial charge < -0.3 is 9.64 Å². The molecule has 1 fully saturated rings. The van der Waals surface area contributed by atoms with E-state index in [0.29, 0.717) is 24.0 Å². The zero-order valence-corrected chi connectivity index (χ0v) is 14.9. The molecular formula is C16H21N5O2S. The zero-order valence-electron chi connectivity index (χ0n) is 14.0. The predicted octanol–water partition coefficient (Wildman–Crippen LogP) is 1.70. The van der Waals surface area contributed by atoms with Crippen LogP contribution in [0, 0.1) is 6.92 Å². The van der Waals surface area contributed by atoms with Gasteiger partial charge in [0.2, 0.25) is 11.1 Å². The molecule has 2 heterocycles. The fourth-order valence-corrected chi connectivity index (χ4v) is 3.51. The highest BCUT2D eigenvalue weighted by molar-refractivity contribution is 7.99. The maximum Gasteiger partial charge on any atom is 0.233 e. The summed E-state index contributed by atoms with van der Waals surface area (Å²) in [4.78, 5) is 14.3. The Bertz CT molecular complexity index is 693. The minimum Gasteiger partial charge on any atom is -0.372 e. The second-order valence-electron chi connectivity index (χ2n) is 6.05. The lowest BCUT2D eigenvalue weighted by Crippen LogP contribution is -2.48. The van der Waals surface area contributed by atoms with Crippen molar-refractivity contribution in [3.8, 4) is 5.69 Å². The van der Waals surface area contributed by atoms with Gasteiger partial charge in [-0.3, -0.25) is 4.79 Å². The molecule has 7 nitrogen and oxygen atoms in total. The number of tetrazole rings is 1. The van der Waals surface area contributed by atoms with Crippen LogP contribution in [0.1, 0.15) is 19.4 Å². The Balaban J connectivity index is 1.64. The van der Waals surface area contributed by atoms with Crippen LogP contribution < -0.4 is 0 Å². The van der Waals surface area contributed by atoms with Gasteiger partial charge in [0, 0.05) is 13.1 Å². The van der Waals surface area contributed by atoms with Crippen molar-refractivity contribution < 1.29 is 9.53 Å². The van der Waals surface area contributed by atoms with Crippen LogP contribution in [0.3, 0.4) is 0 Å². The SMILES string of the molecule is Cc1ccc(-n2nnnc2SCC(=O)N2CC(C)OC(C)C2)cc1. The molecule has 0 aliphatic carbocycles. The zero-order chi connectivity index (χ0) is 17.1. The molecule has 2 atom stereocenters. The number of ether oxygens (including phenoxy) is 1. The van der Waals surface area contributed by atoms with Crippen molar-refractivity contribution in [3.05, 3.63) is 29.8 Å². The number of carbonyl (C=O) groups excluding carboxylic acids is 1. The van der Waals surface area contributed by atoms with Gasteiger partial charge in [-0.2, -0.15) is 4.68 Å². The number of aromatic nitrogens is 4. The van der Waals surface area contributed by atoms with Crippen molar-refractivity contribution in [1.82, 2.24) is 25.1 Å². The van der Waals surface area contributed by atoms with Gasteiger partial charge in [-0.1, -0.05) is 29.5 Å². The third-order valence-electron chi connectivity index (χ3n) is 3.82. The summed E-state index contributed by atoms with van der Waals surface area (Å²) in [6.45, 7) is 7.27. The second-order valence-corrected chi connectivity index (χ2v) is 7.00. The molecule has 1 saturated heterocycles. The quantitative estimate of drug-likeness (QED) is 0.784. The van der Waals surface area contributed by atoms with Gasteiger partial charge in [0.25, 0.3) is 0 Å². The van der Waals surface area contributed by atoms with E-state index in [4.69, 9.17) is 4.74 Å². The van der Waals surface area contributed by atoms with Crippen LogP contribution in [-0.4, -0.2) is 62.1 Å². The van der Waals surface area contributed by atoms with E-state index in [-0.39, 0.29) is 18.1 Å². The smallest absolute Gasteiger partial charge is 0.233 e. The number of benzene rings is 1. The minimum absolute atomic E-state index is 0.0700. The minimum atomic E-state index is 0.0700. The monoisotopic (exact) mass is 347 g/mol. The molecule has 1 aromatic heterocycles. The van der Waals surface area contributed by atoms with Gasteiger partial charge in [0.1, 0.15) is 0 Å². The Morgan fingerprint density at radius 2 is 1.92 bits per heavy atom.